The number of imidazole rings is 1. The number of hydrogen-bond acceptors (Lipinski definition) is 3. The molecule has 3 aromatic rings. The van der Waals surface area contributed by atoms with E-state index in [1.165, 1.54) is 18.2 Å². The number of amides is 1. The van der Waals surface area contributed by atoms with E-state index in [0.29, 0.717) is 22.8 Å². The van der Waals surface area contributed by atoms with E-state index in [9.17, 15) is 13.6 Å². The van der Waals surface area contributed by atoms with Crippen LogP contribution in [0.2, 0.25) is 0 Å². The first-order valence-corrected chi connectivity index (χ1v) is 9.39. The first kappa shape index (κ1) is 18.4. The van der Waals surface area contributed by atoms with Crippen LogP contribution in [0, 0.1) is 18.6 Å². The van der Waals surface area contributed by atoms with Gasteiger partial charge in [-0.25, -0.2) is 13.8 Å². The lowest BCUT2D eigenvalue weighted by atomic mass is 10.2. The number of halogens is 2. The fourth-order valence-corrected chi connectivity index (χ4v) is 3.69. The van der Waals surface area contributed by atoms with Gasteiger partial charge < -0.3 is 10.1 Å². The number of carbonyl (C=O) groups is 1. The molecule has 146 valence electrons. The predicted octanol–water partition coefficient (Wildman–Crippen LogP) is 4.17. The number of pyridine rings is 1. The standard InChI is InChI=1S/C21H21F2N3O2/c1-13-19(21(27)25-14-6-2-3-7-14)26-11-5-10-18(20(26)24-13)28-12-15-16(22)8-4-9-17(15)23/h4-5,8-11,14H,2-3,6-7,12H2,1H3,(H,25,27). The zero-order valence-corrected chi connectivity index (χ0v) is 15.5. The third-order valence-corrected chi connectivity index (χ3v) is 5.13. The molecule has 1 aromatic carbocycles. The molecule has 2 heterocycles. The topological polar surface area (TPSA) is 55.6 Å². The SMILES string of the molecule is Cc1nc2c(OCc3c(F)cccc3F)cccn2c1C(=O)NC1CCCC1. The van der Waals surface area contributed by atoms with Gasteiger partial charge in [0.1, 0.15) is 23.9 Å². The van der Waals surface area contributed by atoms with Gasteiger partial charge in [0.2, 0.25) is 0 Å². The van der Waals surface area contributed by atoms with Crippen LogP contribution < -0.4 is 10.1 Å². The van der Waals surface area contributed by atoms with Crippen LogP contribution in [-0.4, -0.2) is 21.3 Å². The lowest BCUT2D eigenvalue weighted by Crippen LogP contribution is -2.33. The summed E-state index contributed by atoms with van der Waals surface area (Å²) < 4.78 is 35.0. The summed E-state index contributed by atoms with van der Waals surface area (Å²) in [6, 6.07) is 7.26. The summed E-state index contributed by atoms with van der Waals surface area (Å²) in [5.41, 5.74) is 1.31. The van der Waals surface area contributed by atoms with Crippen molar-refractivity contribution in [2.75, 3.05) is 0 Å². The summed E-state index contributed by atoms with van der Waals surface area (Å²) in [5.74, 6) is -1.14. The molecule has 0 atom stereocenters. The van der Waals surface area contributed by atoms with Crippen molar-refractivity contribution >= 4 is 11.6 Å². The Balaban J connectivity index is 1.61. The van der Waals surface area contributed by atoms with Gasteiger partial charge in [-0.05, 0) is 44.0 Å². The highest BCUT2D eigenvalue weighted by Crippen LogP contribution is 2.25. The van der Waals surface area contributed by atoms with Crippen molar-refractivity contribution in [3.05, 3.63) is 65.1 Å². The maximum Gasteiger partial charge on any atom is 0.270 e. The second-order valence-electron chi connectivity index (χ2n) is 7.06. The van der Waals surface area contributed by atoms with Crippen molar-refractivity contribution in [3.63, 3.8) is 0 Å². The number of fused-ring (bicyclic) bond motifs is 1. The number of hydrogen-bond donors (Lipinski definition) is 1. The fraction of sp³-hybridized carbons (Fsp3) is 0.333. The van der Waals surface area contributed by atoms with E-state index in [0.717, 1.165) is 25.7 Å². The fourth-order valence-electron chi connectivity index (χ4n) is 3.69. The molecule has 0 aliphatic heterocycles. The van der Waals surface area contributed by atoms with Crippen LogP contribution in [0.5, 0.6) is 5.75 Å². The summed E-state index contributed by atoms with van der Waals surface area (Å²) in [7, 11) is 0. The van der Waals surface area contributed by atoms with Crippen LogP contribution in [-0.2, 0) is 6.61 Å². The Morgan fingerprint density at radius 3 is 2.64 bits per heavy atom. The average Bonchev–Trinajstić information content (AvgIpc) is 3.28. The second kappa shape index (κ2) is 7.58. The van der Waals surface area contributed by atoms with Gasteiger partial charge in [0.15, 0.2) is 11.4 Å². The Labute approximate surface area is 161 Å². The largest absolute Gasteiger partial charge is 0.485 e. The van der Waals surface area contributed by atoms with Gasteiger partial charge in [0, 0.05) is 12.2 Å². The van der Waals surface area contributed by atoms with Gasteiger partial charge in [-0.15, -0.1) is 0 Å². The Bertz CT molecular complexity index is 1010. The van der Waals surface area contributed by atoms with Gasteiger partial charge in [0.25, 0.3) is 5.91 Å². The van der Waals surface area contributed by atoms with E-state index in [1.807, 2.05) is 0 Å². The quantitative estimate of drug-likeness (QED) is 0.717. The van der Waals surface area contributed by atoms with Gasteiger partial charge in [-0.1, -0.05) is 18.9 Å². The Morgan fingerprint density at radius 1 is 1.21 bits per heavy atom. The molecule has 4 rings (SSSR count). The zero-order valence-electron chi connectivity index (χ0n) is 15.5. The van der Waals surface area contributed by atoms with Crippen LogP contribution >= 0.6 is 0 Å². The monoisotopic (exact) mass is 385 g/mol. The minimum absolute atomic E-state index is 0.146. The molecular weight excluding hydrogens is 364 g/mol. The molecular formula is C21H21F2N3O2. The van der Waals surface area contributed by atoms with Crippen LogP contribution in [0.4, 0.5) is 8.78 Å². The number of ether oxygens (including phenoxy) is 1. The van der Waals surface area contributed by atoms with Crippen molar-refractivity contribution in [2.24, 2.45) is 0 Å². The zero-order chi connectivity index (χ0) is 19.7. The number of nitrogens with zero attached hydrogens (tertiary/aromatic N) is 2. The Morgan fingerprint density at radius 2 is 1.93 bits per heavy atom. The van der Waals surface area contributed by atoms with Gasteiger partial charge in [-0.3, -0.25) is 9.20 Å². The molecule has 0 radical (unpaired) electrons. The molecule has 7 heteroatoms. The lowest BCUT2D eigenvalue weighted by Gasteiger charge is -2.12. The number of aromatic nitrogens is 2. The van der Waals surface area contributed by atoms with E-state index < -0.39 is 11.6 Å². The lowest BCUT2D eigenvalue weighted by molar-refractivity contribution is 0.0931. The van der Waals surface area contributed by atoms with E-state index in [1.54, 1.807) is 29.7 Å². The highest BCUT2D eigenvalue weighted by molar-refractivity contribution is 5.95. The number of nitrogens with one attached hydrogen (secondary N) is 1. The number of benzene rings is 1. The van der Waals surface area contributed by atoms with Crippen LogP contribution in [0.3, 0.4) is 0 Å². The predicted molar refractivity (Wildman–Crippen MR) is 100 cm³/mol. The maximum absolute atomic E-state index is 13.8. The highest BCUT2D eigenvalue weighted by atomic mass is 19.1. The molecule has 0 spiro atoms. The van der Waals surface area contributed by atoms with Crippen molar-refractivity contribution in [2.45, 2.75) is 45.3 Å². The first-order chi connectivity index (χ1) is 13.5. The molecule has 5 nitrogen and oxygen atoms in total. The number of rotatable bonds is 5. The molecule has 0 bridgehead atoms. The van der Waals surface area contributed by atoms with E-state index >= 15 is 0 Å². The minimum atomic E-state index is -0.664. The Hall–Kier alpha value is -2.96. The van der Waals surface area contributed by atoms with Crippen LogP contribution in [0.15, 0.2) is 36.5 Å². The van der Waals surface area contributed by atoms with Crippen molar-refractivity contribution in [1.82, 2.24) is 14.7 Å². The van der Waals surface area contributed by atoms with E-state index in [2.05, 4.69) is 10.3 Å². The van der Waals surface area contributed by atoms with Gasteiger partial charge in [0.05, 0.1) is 11.3 Å². The van der Waals surface area contributed by atoms with E-state index in [-0.39, 0.29) is 24.1 Å². The number of aryl methyl sites for hydroxylation is 1. The third kappa shape index (κ3) is 3.44. The molecule has 1 aliphatic rings. The van der Waals surface area contributed by atoms with Gasteiger partial charge >= 0.3 is 0 Å². The van der Waals surface area contributed by atoms with Crippen molar-refractivity contribution in [3.8, 4) is 5.75 Å². The first-order valence-electron chi connectivity index (χ1n) is 9.39. The summed E-state index contributed by atoms with van der Waals surface area (Å²) >= 11 is 0. The van der Waals surface area contributed by atoms with Gasteiger partial charge in [-0.2, -0.15) is 0 Å². The van der Waals surface area contributed by atoms with Crippen molar-refractivity contribution in [1.29, 1.82) is 0 Å². The summed E-state index contributed by atoms with van der Waals surface area (Å²) in [4.78, 5) is 17.2. The van der Waals surface area contributed by atoms with Crippen LogP contribution in [0.25, 0.3) is 5.65 Å². The summed E-state index contributed by atoms with van der Waals surface area (Å²) in [6.45, 7) is 1.49. The molecule has 1 amide bonds. The highest BCUT2D eigenvalue weighted by Gasteiger charge is 2.23. The minimum Gasteiger partial charge on any atom is -0.485 e. The van der Waals surface area contributed by atoms with Crippen LogP contribution in [0.1, 0.15) is 47.4 Å². The number of carbonyl (C=O) groups excluding carboxylic acids is 1. The second-order valence-corrected chi connectivity index (χ2v) is 7.06. The smallest absolute Gasteiger partial charge is 0.270 e. The molecule has 1 saturated carbocycles. The summed E-state index contributed by atoms with van der Waals surface area (Å²) in [5, 5.41) is 3.07. The average molecular weight is 385 g/mol. The molecule has 0 unspecified atom stereocenters. The molecule has 1 fully saturated rings. The van der Waals surface area contributed by atoms with Crippen molar-refractivity contribution < 1.29 is 18.3 Å². The molecule has 0 saturated heterocycles. The molecule has 1 N–H and O–H groups in total. The Kier molecular flexibility index (Phi) is 4.98. The summed E-state index contributed by atoms with van der Waals surface area (Å²) in [6.07, 6.45) is 5.97. The molecule has 1 aliphatic carbocycles. The normalized spacial score (nSPS) is 14.5. The molecule has 28 heavy (non-hydrogen) atoms. The maximum atomic E-state index is 13.8. The molecule has 2 aromatic heterocycles. The van der Waals surface area contributed by atoms with E-state index in [4.69, 9.17) is 4.74 Å². The third-order valence-electron chi connectivity index (χ3n) is 5.13.